The van der Waals surface area contributed by atoms with Gasteiger partial charge in [-0.25, -0.2) is 4.98 Å². The quantitative estimate of drug-likeness (QED) is 0.750. The number of methoxy groups -OCH3 is 2. The first-order valence-electron chi connectivity index (χ1n) is 7.13. The molecule has 0 atom stereocenters. The van der Waals surface area contributed by atoms with Gasteiger partial charge in [-0.15, -0.1) is 0 Å². The van der Waals surface area contributed by atoms with E-state index in [-0.39, 0.29) is 22.8 Å². The van der Waals surface area contributed by atoms with E-state index in [9.17, 15) is 9.90 Å². The lowest BCUT2D eigenvalue weighted by Gasteiger charge is -2.09. The average molecular weight is 380 g/mol. The van der Waals surface area contributed by atoms with E-state index in [0.29, 0.717) is 26.3 Å². The van der Waals surface area contributed by atoms with E-state index in [1.807, 2.05) is 0 Å². The maximum atomic E-state index is 11.9. The molecule has 0 spiro atoms. The van der Waals surface area contributed by atoms with Crippen LogP contribution in [0.3, 0.4) is 0 Å². The normalized spacial score (nSPS) is 11.8. The number of ether oxygens (including phenoxy) is 2. The van der Waals surface area contributed by atoms with E-state index in [4.69, 9.17) is 21.1 Å². The minimum absolute atomic E-state index is 0.0931. The summed E-state index contributed by atoms with van der Waals surface area (Å²) < 4.78 is 11.5. The van der Waals surface area contributed by atoms with Gasteiger partial charge in [-0.2, -0.15) is 9.61 Å². The highest BCUT2D eigenvalue weighted by Gasteiger charge is 2.13. The summed E-state index contributed by atoms with van der Waals surface area (Å²) in [5.41, 5.74) is 1.00. The number of aryl methyl sites for hydroxylation is 1. The van der Waals surface area contributed by atoms with Crippen molar-refractivity contribution in [2.45, 2.75) is 6.92 Å². The number of rotatable bonds is 4. The number of hydrogen-bond donors (Lipinski definition) is 1. The molecular weight excluding hydrogens is 366 g/mol. The van der Waals surface area contributed by atoms with Gasteiger partial charge in [0.25, 0.3) is 5.56 Å². The first kappa shape index (κ1) is 17.2. The monoisotopic (exact) mass is 379 g/mol. The number of nitrogens with zero attached hydrogens (tertiary/aromatic N) is 3. The minimum Gasteiger partial charge on any atom is -0.502 e. The van der Waals surface area contributed by atoms with Gasteiger partial charge in [0.05, 0.1) is 19.3 Å². The highest BCUT2D eigenvalue weighted by molar-refractivity contribution is 7.18. The van der Waals surface area contributed by atoms with Gasteiger partial charge < -0.3 is 14.6 Å². The summed E-state index contributed by atoms with van der Waals surface area (Å²) in [5, 5.41) is 14.9. The van der Waals surface area contributed by atoms with Gasteiger partial charge in [0.1, 0.15) is 0 Å². The molecule has 0 radical (unpaired) electrons. The van der Waals surface area contributed by atoms with Crippen LogP contribution in [-0.4, -0.2) is 33.9 Å². The van der Waals surface area contributed by atoms with Crippen LogP contribution in [0.5, 0.6) is 17.2 Å². The van der Waals surface area contributed by atoms with Crippen molar-refractivity contribution in [3.05, 3.63) is 44.8 Å². The van der Waals surface area contributed by atoms with Gasteiger partial charge in [0, 0.05) is 11.8 Å². The molecule has 0 saturated heterocycles. The van der Waals surface area contributed by atoms with Crippen LogP contribution in [0.2, 0.25) is 0 Å². The molecule has 0 amide bonds. The van der Waals surface area contributed by atoms with Crippen molar-refractivity contribution in [2.75, 3.05) is 14.2 Å². The van der Waals surface area contributed by atoms with Crippen molar-refractivity contribution in [3.8, 4) is 17.2 Å². The first-order chi connectivity index (χ1) is 11.9. The summed E-state index contributed by atoms with van der Waals surface area (Å²) in [7, 11) is 2.88. The number of phenolic OH excluding ortho intramolecular Hbond substituents is 1. The first-order valence-corrected chi connectivity index (χ1v) is 8.32. The van der Waals surface area contributed by atoms with E-state index < -0.39 is 0 Å². The highest BCUT2D eigenvalue weighted by Crippen LogP contribution is 2.38. The molecule has 130 valence electrons. The fraction of sp³-hybridized carbons (Fsp3) is 0.188. The Morgan fingerprint density at radius 1 is 1.28 bits per heavy atom. The Hall–Kier alpha value is -2.58. The molecule has 2 aromatic heterocycles. The molecule has 9 heteroatoms. The second kappa shape index (κ2) is 6.73. The lowest BCUT2D eigenvalue weighted by Crippen LogP contribution is -2.14. The third-order valence-corrected chi connectivity index (χ3v) is 4.71. The molecule has 0 aliphatic carbocycles. The lowest BCUT2D eigenvalue weighted by molar-refractivity contribution is 0.340. The Kier molecular flexibility index (Phi) is 4.65. The number of halogens is 1. The van der Waals surface area contributed by atoms with E-state index in [1.165, 1.54) is 36.1 Å². The van der Waals surface area contributed by atoms with Crippen LogP contribution in [0.15, 0.2) is 23.0 Å². The number of aromatic nitrogens is 3. The van der Waals surface area contributed by atoms with Crippen LogP contribution < -0.4 is 15.0 Å². The van der Waals surface area contributed by atoms with Crippen LogP contribution in [0.1, 0.15) is 16.3 Å². The second-order valence-corrected chi connectivity index (χ2v) is 6.47. The Morgan fingerprint density at radius 2 is 1.92 bits per heavy atom. The van der Waals surface area contributed by atoms with Crippen molar-refractivity contribution < 1.29 is 14.6 Å². The van der Waals surface area contributed by atoms with Gasteiger partial charge >= 0.3 is 0 Å². The van der Waals surface area contributed by atoms with Gasteiger partial charge in [0.2, 0.25) is 10.7 Å². The van der Waals surface area contributed by atoms with E-state index in [0.717, 1.165) is 0 Å². The fourth-order valence-corrected chi connectivity index (χ4v) is 3.36. The Balaban J connectivity index is 2.07. The standard InChI is InChI=1S/C16H14ClN3O4S/c1-8-4-13(21)20-16(18-8)25-15(19-20)10(17)5-9-6-11(23-2)14(22)12(7-9)24-3/h4-7,22H,1-3H3/b10-5-. The third-order valence-electron chi connectivity index (χ3n) is 3.37. The molecular formula is C16H14ClN3O4S. The number of fused-ring (bicyclic) bond motifs is 1. The van der Waals surface area contributed by atoms with Crippen LogP contribution >= 0.6 is 22.9 Å². The van der Waals surface area contributed by atoms with Crippen LogP contribution in [0.25, 0.3) is 16.1 Å². The zero-order valence-electron chi connectivity index (χ0n) is 13.6. The van der Waals surface area contributed by atoms with Gasteiger partial charge in [-0.1, -0.05) is 22.9 Å². The molecule has 0 bridgehead atoms. The topological polar surface area (TPSA) is 86.0 Å². The molecule has 3 rings (SSSR count). The molecule has 1 aromatic carbocycles. The molecule has 2 heterocycles. The van der Waals surface area contributed by atoms with Crippen LogP contribution in [-0.2, 0) is 0 Å². The van der Waals surface area contributed by atoms with E-state index in [2.05, 4.69) is 10.1 Å². The number of benzene rings is 1. The average Bonchev–Trinajstić information content (AvgIpc) is 3.00. The third kappa shape index (κ3) is 3.31. The van der Waals surface area contributed by atoms with Crippen LogP contribution in [0, 0.1) is 6.92 Å². The van der Waals surface area contributed by atoms with Gasteiger partial charge in [-0.3, -0.25) is 4.79 Å². The Bertz CT molecular complexity index is 1020. The largest absolute Gasteiger partial charge is 0.502 e. The van der Waals surface area contributed by atoms with E-state index >= 15 is 0 Å². The van der Waals surface area contributed by atoms with Crippen LogP contribution in [0.4, 0.5) is 0 Å². The number of aromatic hydroxyl groups is 1. The van der Waals surface area contributed by atoms with Crippen molar-refractivity contribution in [3.63, 3.8) is 0 Å². The Labute approximate surface area is 151 Å². The summed E-state index contributed by atoms with van der Waals surface area (Å²) in [6.45, 7) is 1.74. The smallest absolute Gasteiger partial charge is 0.275 e. The molecule has 7 nitrogen and oxygen atoms in total. The fourth-order valence-electron chi connectivity index (χ4n) is 2.22. The van der Waals surface area contributed by atoms with Gasteiger partial charge in [-0.05, 0) is 30.7 Å². The SMILES string of the molecule is COc1cc(/C=C(\Cl)c2nn3c(=O)cc(C)nc3s2)cc(OC)c1O. The van der Waals surface area contributed by atoms with Gasteiger partial charge in [0.15, 0.2) is 16.5 Å². The van der Waals surface area contributed by atoms with Crippen molar-refractivity contribution >= 4 is 39.0 Å². The minimum atomic E-state index is -0.262. The molecule has 25 heavy (non-hydrogen) atoms. The Morgan fingerprint density at radius 3 is 2.52 bits per heavy atom. The summed E-state index contributed by atoms with van der Waals surface area (Å²) in [4.78, 5) is 16.7. The van der Waals surface area contributed by atoms with Crippen molar-refractivity contribution in [1.29, 1.82) is 0 Å². The molecule has 3 aromatic rings. The zero-order valence-corrected chi connectivity index (χ0v) is 15.2. The van der Waals surface area contributed by atoms with E-state index in [1.54, 1.807) is 25.1 Å². The highest BCUT2D eigenvalue weighted by atomic mass is 35.5. The summed E-state index contributed by atoms with van der Waals surface area (Å²) in [6, 6.07) is 4.63. The molecule has 0 fully saturated rings. The predicted octanol–water partition coefficient (Wildman–Crippen LogP) is 2.92. The maximum Gasteiger partial charge on any atom is 0.275 e. The van der Waals surface area contributed by atoms with Crippen molar-refractivity contribution in [2.24, 2.45) is 0 Å². The lowest BCUT2D eigenvalue weighted by atomic mass is 10.1. The second-order valence-electron chi connectivity index (χ2n) is 5.10. The number of phenols is 1. The molecule has 0 saturated carbocycles. The number of hydrogen-bond acceptors (Lipinski definition) is 7. The molecule has 0 unspecified atom stereocenters. The molecule has 0 aliphatic heterocycles. The summed E-state index contributed by atoms with van der Waals surface area (Å²) in [5.74, 6) is 0.422. The van der Waals surface area contributed by atoms with Crippen molar-refractivity contribution in [1.82, 2.24) is 14.6 Å². The molecule has 1 N–H and O–H groups in total. The maximum absolute atomic E-state index is 11.9. The summed E-state index contributed by atoms with van der Waals surface area (Å²) in [6.07, 6.45) is 1.64. The predicted molar refractivity (Wildman–Crippen MR) is 96.8 cm³/mol. The molecule has 0 aliphatic rings. The zero-order chi connectivity index (χ0) is 18.1. The summed E-state index contributed by atoms with van der Waals surface area (Å²) >= 11 is 7.56.